The number of aromatic nitrogens is 1. The molecular weight excluding hydrogens is 310 g/mol. The Morgan fingerprint density at radius 2 is 1.56 bits per heavy atom. The van der Waals surface area contributed by atoms with E-state index in [4.69, 9.17) is 11.6 Å². The maximum absolute atomic E-state index is 6.24. The summed E-state index contributed by atoms with van der Waals surface area (Å²) in [5.74, 6) is 0. The lowest BCUT2D eigenvalue weighted by Gasteiger charge is -2.02. The molecule has 0 aliphatic carbocycles. The van der Waals surface area contributed by atoms with Crippen molar-refractivity contribution in [1.29, 1.82) is 0 Å². The molecule has 0 fully saturated rings. The van der Waals surface area contributed by atoms with Gasteiger partial charge in [0, 0.05) is 6.07 Å². The number of halogens is 2. The largest absolute Gasteiger partial charge is 1.00 e. The highest BCUT2D eigenvalue weighted by atomic mass is 79.9. The molecule has 3 heteroatoms. The van der Waals surface area contributed by atoms with Crippen molar-refractivity contribution in [3.8, 4) is 11.3 Å². The Balaban J connectivity index is 0.00000120. The van der Waals surface area contributed by atoms with Crippen LogP contribution in [0.15, 0.2) is 60.8 Å². The van der Waals surface area contributed by atoms with E-state index in [1.54, 1.807) is 0 Å². The second-order valence-corrected chi connectivity index (χ2v) is 4.33. The molecule has 3 rings (SSSR count). The molecule has 1 nitrogen and oxygen atoms in total. The predicted octanol–water partition coefficient (Wildman–Crippen LogP) is 0.978. The summed E-state index contributed by atoms with van der Waals surface area (Å²) in [5, 5.41) is 3.16. The third-order valence-electron chi connectivity index (χ3n) is 2.86. The zero-order chi connectivity index (χ0) is 11.7. The highest BCUT2D eigenvalue weighted by molar-refractivity contribution is 6.33. The Bertz CT molecular complexity index is 677. The average molecular weight is 321 g/mol. The summed E-state index contributed by atoms with van der Waals surface area (Å²) >= 11 is 6.24. The van der Waals surface area contributed by atoms with Gasteiger partial charge in [-0.2, -0.15) is 0 Å². The van der Waals surface area contributed by atoms with Crippen LogP contribution in [-0.4, -0.2) is 0 Å². The van der Waals surface area contributed by atoms with E-state index < -0.39 is 0 Å². The summed E-state index contributed by atoms with van der Waals surface area (Å²) in [4.78, 5) is 3.28. The highest BCUT2D eigenvalue weighted by Crippen LogP contribution is 2.29. The molecule has 0 radical (unpaired) electrons. The van der Waals surface area contributed by atoms with Crippen LogP contribution in [0, 0.1) is 0 Å². The van der Waals surface area contributed by atoms with Gasteiger partial charge in [-0.05, 0) is 23.6 Å². The van der Waals surface area contributed by atoms with Crippen LogP contribution in [0.2, 0.25) is 5.02 Å². The third-order valence-corrected chi connectivity index (χ3v) is 3.19. The Labute approximate surface area is 121 Å². The fourth-order valence-electron chi connectivity index (χ4n) is 2.05. The number of fused-ring (bicyclic) bond motifs is 1. The lowest BCUT2D eigenvalue weighted by atomic mass is 10.0. The molecule has 0 aliphatic heterocycles. The number of H-pyrrole nitrogens is 1. The maximum Gasteiger partial charge on any atom is 0.220 e. The van der Waals surface area contributed by atoms with Gasteiger partial charge in [-0.3, -0.25) is 0 Å². The van der Waals surface area contributed by atoms with Crippen LogP contribution in [0.5, 0.6) is 0 Å². The monoisotopic (exact) mass is 319 g/mol. The normalized spacial score (nSPS) is 10.1. The number of benzene rings is 2. The van der Waals surface area contributed by atoms with Gasteiger partial charge in [-0.15, -0.1) is 0 Å². The van der Waals surface area contributed by atoms with Gasteiger partial charge in [0.1, 0.15) is 0 Å². The van der Waals surface area contributed by atoms with Crippen molar-refractivity contribution in [2.75, 3.05) is 0 Å². The topological polar surface area (TPSA) is 14.1 Å². The van der Waals surface area contributed by atoms with Crippen molar-refractivity contribution in [3.63, 3.8) is 0 Å². The molecule has 0 unspecified atom stereocenters. The third kappa shape index (κ3) is 2.26. The molecule has 0 saturated heterocycles. The summed E-state index contributed by atoms with van der Waals surface area (Å²) in [5.41, 5.74) is 2.10. The molecule has 2 aromatic carbocycles. The van der Waals surface area contributed by atoms with Crippen molar-refractivity contribution in [1.82, 2.24) is 0 Å². The zero-order valence-electron chi connectivity index (χ0n) is 9.53. The molecule has 1 N–H and O–H groups in total. The summed E-state index contributed by atoms with van der Waals surface area (Å²) in [6, 6.07) is 18.2. The molecule has 18 heavy (non-hydrogen) atoms. The maximum atomic E-state index is 6.24. The first-order valence-corrected chi connectivity index (χ1v) is 5.88. The highest BCUT2D eigenvalue weighted by Gasteiger charge is 2.12. The van der Waals surface area contributed by atoms with Crippen LogP contribution < -0.4 is 22.0 Å². The molecular formula is C15H11BrClN. The standard InChI is InChI=1S/C15H10ClN.BrH/c16-14-8-4-3-7-13(14)15-12-6-2-1-5-11(12)9-10-17-15;/h1-10H;1H. The van der Waals surface area contributed by atoms with Crippen molar-refractivity contribution >= 4 is 22.4 Å². The van der Waals surface area contributed by atoms with Crippen molar-refractivity contribution in [2.45, 2.75) is 0 Å². The molecule has 90 valence electrons. The minimum Gasteiger partial charge on any atom is -1.00 e. The van der Waals surface area contributed by atoms with E-state index in [9.17, 15) is 0 Å². The van der Waals surface area contributed by atoms with Crippen molar-refractivity contribution in [2.24, 2.45) is 0 Å². The molecule has 3 aromatic rings. The van der Waals surface area contributed by atoms with Crippen LogP contribution in [-0.2, 0) is 0 Å². The molecule has 0 spiro atoms. The van der Waals surface area contributed by atoms with E-state index in [-0.39, 0.29) is 17.0 Å². The number of aromatic amines is 1. The first-order valence-electron chi connectivity index (χ1n) is 5.50. The first kappa shape index (κ1) is 13.1. The smallest absolute Gasteiger partial charge is 0.220 e. The summed E-state index contributed by atoms with van der Waals surface area (Å²) in [6.07, 6.45) is 1.95. The van der Waals surface area contributed by atoms with E-state index in [1.807, 2.05) is 42.6 Å². The van der Waals surface area contributed by atoms with Gasteiger partial charge in [0.05, 0.1) is 16.0 Å². The van der Waals surface area contributed by atoms with Crippen LogP contribution in [0.4, 0.5) is 0 Å². The molecule has 0 saturated carbocycles. The first-order chi connectivity index (χ1) is 8.36. The van der Waals surface area contributed by atoms with Gasteiger partial charge < -0.3 is 17.0 Å². The van der Waals surface area contributed by atoms with Crippen molar-refractivity contribution < 1.29 is 22.0 Å². The average Bonchev–Trinajstić information content (AvgIpc) is 2.39. The Morgan fingerprint density at radius 3 is 2.39 bits per heavy atom. The molecule has 0 bridgehead atoms. The Morgan fingerprint density at radius 1 is 0.833 bits per heavy atom. The zero-order valence-corrected chi connectivity index (χ0v) is 11.9. The van der Waals surface area contributed by atoms with Crippen LogP contribution in [0.25, 0.3) is 22.0 Å². The SMILES string of the molecule is Clc1ccccc1-c1[nH+]ccc2ccccc12.[Br-]. The van der Waals surface area contributed by atoms with E-state index in [0.29, 0.717) is 0 Å². The van der Waals surface area contributed by atoms with Gasteiger partial charge in [0.15, 0.2) is 6.20 Å². The fourth-order valence-corrected chi connectivity index (χ4v) is 2.28. The van der Waals surface area contributed by atoms with Crippen molar-refractivity contribution in [3.05, 3.63) is 65.8 Å². The van der Waals surface area contributed by atoms with E-state index in [0.717, 1.165) is 16.3 Å². The van der Waals surface area contributed by atoms with Crippen LogP contribution in [0.3, 0.4) is 0 Å². The number of rotatable bonds is 1. The van der Waals surface area contributed by atoms with Gasteiger partial charge in [-0.25, -0.2) is 4.98 Å². The lowest BCUT2D eigenvalue weighted by molar-refractivity contribution is -0.362. The van der Waals surface area contributed by atoms with E-state index >= 15 is 0 Å². The van der Waals surface area contributed by atoms with Gasteiger partial charge >= 0.3 is 0 Å². The number of pyridine rings is 1. The van der Waals surface area contributed by atoms with Gasteiger partial charge in [-0.1, -0.05) is 41.9 Å². The van der Waals surface area contributed by atoms with Gasteiger partial charge in [0.25, 0.3) is 0 Å². The quantitative estimate of drug-likeness (QED) is 0.635. The number of hydrogen-bond acceptors (Lipinski definition) is 0. The minimum absolute atomic E-state index is 0. The summed E-state index contributed by atoms with van der Waals surface area (Å²) in [7, 11) is 0. The summed E-state index contributed by atoms with van der Waals surface area (Å²) in [6.45, 7) is 0. The second-order valence-electron chi connectivity index (χ2n) is 3.92. The lowest BCUT2D eigenvalue weighted by Crippen LogP contribution is -3.00. The molecule has 0 amide bonds. The van der Waals surface area contributed by atoms with Crippen LogP contribution in [0.1, 0.15) is 0 Å². The Hall–Kier alpha value is -1.38. The fraction of sp³-hybridized carbons (Fsp3) is 0. The molecule has 1 aromatic heterocycles. The second kappa shape index (κ2) is 5.51. The minimum atomic E-state index is 0. The van der Waals surface area contributed by atoms with E-state index in [1.165, 1.54) is 10.8 Å². The Kier molecular flexibility index (Phi) is 4.00. The number of hydrogen-bond donors (Lipinski definition) is 0. The number of nitrogens with one attached hydrogen (secondary N) is 1. The van der Waals surface area contributed by atoms with E-state index in [2.05, 4.69) is 23.2 Å². The van der Waals surface area contributed by atoms with Gasteiger partial charge in [0.2, 0.25) is 5.69 Å². The molecule has 0 aliphatic rings. The summed E-state index contributed by atoms with van der Waals surface area (Å²) < 4.78 is 0. The van der Waals surface area contributed by atoms with Crippen LogP contribution >= 0.6 is 11.6 Å². The molecule has 1 heterocycles. The predicted molar refractivity (Wildman–Crippen MR) is 70.9 cm³/mol. The molecule has 0 atom stereocenters.